The average Bonchev–Trinajstić information content (AvgIpc) is 2.84. The normalized spacial score (nSPS) is 23.9. The second-order valence-corrected chi connectivity index (χ2v) is 6.54. The molecule has 106 valence electrons. The SMILES string of the molecule is NC1CCCc2c1n(C1CCCCC1)c1ccccc21. The van der Waals surface area contributed by atoms with Gasteiger partial charge in [0.05, 0.1) is 0 Å². The van der Waals surface area contributed by atoms with E-state index in [0.717, 1.165) is 6.42 Å². The maximum atomic E-state index is 6.50. The molecule has 20 heavy (non-hydrogen) atoms. The summed E-state index contributed by atoms with van der Waals surface area (Å²) in [5.41, 5.74) is 10.9. The molecule has 0 radical (unpaired) electrons. The molecule has 1 aromatic heterocycles. The molecule has 0 amide bonds. The van der Waals surface area contributed by atoms with Gasteiger partial charge in [-0.05, 0) is 43.7 Å². The molecule has 2 heteroatoms. The molecule has 2 nitrogen and oxygen atoms in total. The Balaban J connectivity index is 1.95. The maximum absolute atomic E-state index is 6.50. The Labute approximate surface area is 121 Å². The third-order valence-electron chi connectivity index (χ3n) is 5.29. The summed E-state index contributed by atoms with van der Waals surface area (Å²) in [6, 6.07) is 9.88. The third kappa shape index (κ3) is 1.81. The second-order valence-electron chi connectivity index (χ2n) is 6.54. The van der Waals surface area contributed by atoms with Gasteiger partial charge in [-0.1, -0.05) is 37.5 Å². The van der Waals surface area contributed by atoms with Crippen molar-refractivity contribution in [2.45, 2.75) is 63.5 Å². The molecule has 2 aromatic rings. The zero-order chi connectivity index (χ0) is 13.5. The van der Waals surface area contributed by atoms with Gasteiger partial charge in [-0.3, -0.25) is 0 Å². The first-order chi connectivity index (χ1) is 9.86. The fourth-order valence-electron chi connectivity index (χ4n) is 4.39. The van der Waals surface area contributed by atoms with Crippen LogP contribution in [-0.4, -0.2) is 4.57 Å². The smallest absolute Gasteiger partial charge is 0.0488 e. The quantitative estimate of drug-likeness (QED) is 0.812. The van der Waals surface area contributed by atoms with Crippen molar-refractivity contribution in [3.63, 3.8) is 0 Å². The van der Waals surface area contributed by atoms with Crippen molar-refractivity contribution in [2.24, 2.45) is 5.73 Å². The van der Waals surface area contributed by atoms with Gasteiger partial charge < -0.3 is 10.3 Å². The minimum absolute atomic E-state index is 0.244. The minimum atomic E-state index is 0.244. The van der Waals surface area contributed by atoms with Crippen LogP contribution >= 0.6 is 0 Å². The molecule has 2 N–H and O–H groups in total. The van der Waals surface area contributed by atoms with E-state index in [0.29, 0.717) is 6.04 Å². The second kappa shape index (κ2) is 4.92. The van der Waals surface area contributed by atoms with Crippen molar-refractivity contribution < 1.29 is 0 Å². The maximum Gasteiger partial charge on any atom is 0.0488 e. The summed E-state index contributed by atoms with van der Waals surface area (Å²) in [5, 5.41) is 1.46. The molecule has 0 spiro atoms. The molecule has 4 rings (SSSR count). The van der Waals surface area contributed by atoms with Gasteiger partial charge in [-0.15, -0.1) is 0 Å². The summed E-state index contributed by atoms with van der Waals surface area (Å²) >= 11 is 0. The van der Waals surface area contributed by atoms with Crippen LogP contribution in [0.2, 0.25) is 0 Å². The molecule has 0 bridgehead atoms. The molecule has 1 saturated carbocycles. The summed E-state index contributed by atoms with van der Waals surface area (Å²) in [6.45, 7) is 0. The lowest BCUT2D eigenvalue weighted by Gasteiger charge is -2.30. The summed E-state index contributed by atoms with van der Waals surface area (Å²) in [6.07, 6.45) is 10.4. The molecule has 0 saturated heterocycles. The van der Waals surface area contributed by atoms with Crippen LogP contribution in [0.5, 0.6) is 0 Å². The number of hydrogen-bond donors (Lipinski definition) is 1. The van der Waals surface area contributed by atoms with E-state index in [1.165, 1.54) is 61.5 Å². The van der Waals surface area contributed by atoms with Gasteiger partial charge in [0.25, 0.3) is 0 Å². The number of nitrogens with zero attached hydrogens (tertiary/aromatic N) is 1. The summed E-state index contributed by atoms with van der Waals surface area (Å²) < 4.78 is 2.63. The molecule has 1 aromatic carbocycles. The zero-order valence-corrected chi connectivity index (χ0v) is 12.1. The minimum Gasteiger partial charge on any atom is -0.340 e. The topological polar surface area (TPSA) is 30.9 Å². The van der Waals surface area contributed by atoms with Crippen LogP contribution in [0.25, 0.3) is 10.9 Å². The van der Waals surface area contributed by atoms with Gasteiger partial charge in [0.2, 0.25) is 0 Å². The van der Waals surface area contributed by atoms with Crippen molar-refractivity contribution in [1.82, 2.24) is 4.57 Å². The summed E-state index contributed by atoms with van der Waals surface area (Å²) in [7, 11) is 0. The standard InChI is InChI=1S/C18H24N2/c19-16-11-6-10-15-14-9-4-5-12-17(14)20(18(15)16)13-7-2-1-3-8-13/h4-5,9,12-13,16H,1-3,6-8,10-11,19H2. The molecule has 2 aliphatic rings. The number of fused-ring (bicyclic) bond motifs is 3. The van der Waals surface area contributed by atoms with Crippen LogP contribution in [0.1, 0.15) is 68.3 Å². The monoisotopic (exact) mass is 268 g/mol. The number of nitrogens with two attached hydrogens (primary N) is 1. The van der Waals surface area contributed by atoms with Gasteiger partial charge in [-0.2, -0.15) is 0 Å². The van der Waals surface area contributed by atoms with Crippen molar-refractivity contribution in [2.75, 3.05) is 0 Å². The van der Waals surface area contributed by atoms with E-state index in [1.807, 2.05) is 0 Å². The number of hydrogen-bond acceptors (Lipinski definition) is 1. The highest BCUT2D eigenvalue weighted by molar-refractivity contribution is 5.86. The highest BCUT2D eigenvalue weighted by Crippen LogP contribution is 2.41. The first-order valence-corrected chi connectivity index (χ1v) is 8.23. The number of rotatable bonds is 1. The van der Waals surface area contributed by atoms with E-state index in [2.05, 4.69) is 28.8 Å². The lowest BCUT2D eigenvalue weighted by atomic mass is 9.91. The Morgan fingerprint density at radius 3 is 2.60 bits per heavy atom. The van der Waals surface area contributed by atoms with Gasteiger partial charge in [0, 0.05) is 28.7 Å². The molecule has 0 aliphatic heterocycles. The van der Waals surface area contributed by atoms with Crippen LogP contribution < -0.4 is 5.73 Å². The molecule has 2 aliphatic carbocycles. The molecule has 1 fully saturated rings. The van der Waals surface area contributed by atoms with E-state index < -0.39 is 0 Å². The highest BCUT2D eigenvalue weighted by atomic mass is 15.0. The highest BCUT2D eigenvalue weighted by Gasteiger charge is 2.28. The summed E-state index contributed by atoms with van der Waals surface area (Å²) in [5.74, 6) is 0. The Morgan fingerprint density at radius 1 is 0.950 bits per heavy atom. The van der Waals surface area contributed by atoms with E-state index in [9.17, 15) is 0 Å². The van der Waals surface area contributed by atoms with Crippen molar-refractivity contribution in [3.05, 3.63) is 35.5 Å². The Hall–Kier alpha value is -1.28. The summed E-state index contributed by atoms with van der Waals surface area (Å²) in [4.78, 5) is 0. The van der Waals surface area contributed by atoms with E-state index in [-0.39, 0.29) is 6.04 Å². The van der Waals surface area contributed by atoms with Gasteiger partial charge in [0.1, 0.15) is 0 Å². The van der Waals surface area contributed by atoms with Crippen molar-refractivity contribution in [3.8, 4) is 0 Å². The van der Waals surface area contributed by atoms with E-state index in [1.54, 1.807) is 5.56 Å². The van der Waals surface area contributed by atoms with Crippen LogP contribution in [0, 0.1) is 0 Å². The lowest BCUT2D eigenvalue weighted by molar-refractivity contribution is 0.344. The number of aryl methyl sites for hydroxylation is 1. The molecule has 1 heterocycles. The molecular weight excluding hydrogens is 244 g/mol. The first-order valence-electron chi connectivity index (χ1n) is 8.23. The predicted molar refractivity (Wildman–Crippen MR) is 83.9 cm³/mol. The third-order valence-corrected chi connectivity index (χ3v) is 5.29. The largest absolute Gasteiger partial charge is 0.340 e. The van der Waals surface area contributed by atoms with E-state index >= 15 is 0 Å². The van der Waals surface area contributed by atoms with Crippen LogP contribution in [0.4, 0.5) is 0 Å². The fraction of sp³-hybridized carbons (Fsp3) is 0.556. The molecule has 1 atom stereocenters. The van der Waals surface area contributed by atoms with Crippen molar-refractivity contribution >= 4 is 10.9 Å². The van der Waals surface area contributed by atoms with Crippen LogP contribution in [0.3, 0.4) is 0 Å². The Morgan fingerprint density at radius 2 is 1.75 bits per heavy atom. The first kappa shape index (κ1) is 12.5. The van der Waals surface area contributed by atoms with Crippen LogP contribution in [0.15, 0.2) is 24.3 Å². The van der Waals surface area contributed by atoms with Crippen LogP contribution in [-0.2, 0) is 6.42 Å². The molecule has 1 unspecified atom stereocenters. The van der Waals surface area contributed by atoms with Crippen molar-refractivity contribution in [1.29, 1.82) is 0 Å². The molecular formula is C18H24N2. The predicted octanol–water partition coefficient (Wildman–Crippen LogP) is 4.48. The number of benzene rings is 1. The Bertz CT molecular complexity index is 620. The van der Waals surface area contributed by atoms with Gasteiger partial charge in [0.15, 0.2) is 0 Å². The van der Waals surface area contributed by atoms with E-state index in [4.69, 9.17) is 5.73 Å². The van der Waals surface area contributed by atoms with Gasteiger partial charge >= 0.3 is 0 Å². The Kier molecular flexibility index (Phi) is 3.07. The zero-order valence-electron chi connectivity index (χ0n) is 12.1. The number of aromatic nitrogens is 1. The fourth-order valence-corrected chi connectivity index (χ4v) is 4.39. The average molecular weight is 268 g/mol. The van der Waals surface area contributed by atoms with Gasteiger partial charge in [-0.25, -0.2) is 0 Å². The lowest BCUT2D eigenvalue weighted by Crippen LogP contribution is -2.24. The number of para-hydroxylation sites is 1.